The van der Waals surface area contributed by atoms with E-state index in [1.165, 1.54) is 0 Å². The molecule has 0 unspecified atom stereocenters. The zero-order chi connectivity index (χ0) is 16.4. The summed E-state index contributed by atoms with van der Waals surface area (Å²) in [6.45, 7) is 2.85. The van der Waals surface area contributed by atoms with Gasteiger partial charge in [-0.25, -0.2) is 4.98 Å². The molecule has 6 heteroatoms. The van der Waals surface area contributed by atoms with Crippen LogP contribution in [0.1, 0.15) is 6.92 Å². The van der Waals surface area contributed by atoms with Crippen molar-refractivity contribution in [2.75, 3.05) is 18.7 Å². The second-order valence-electron chi connectivity index (χ2n) is 5.14. The van der Waals surface area contributed by atoms with Crippen molar-refractivity contribution in [2.45, 2.75) is 6.92 Å². The van der Waals surface area contributed by atoms with Crippen LogP contribution in [-0.2, 0) is 0 Å². The average Bonchev–Trinajstić information content (AvgIpc) is 3.27. The number of benzene rings is 2. The third-order valence-electron chi connectivity index (χ3n) is 3.67. The SMILES string of the molecule is CCOc1ccc(-c2c(Nc3nccs3)ccc3c2OCO3)cc1. The van der Waals surface area contributed by atoms with Gasteiger partial charge < -0.3 is 19.5 Å². The standard InChI is InChI=1S/C18H16N2O3S/c1-2-21-13-5-3-12(4-6-13)16-14(20-18-19-9-10-24-18)7-8-15-17(16)23-11-22-15/h3-10H,2,11H2,1H3,(H,19,20). The molecule has 24 heavy (non-hydrogen) atoms. The lowest BCUT2D eigenvalue weighted by Crippen LogP contribution is -1.96. The zero-order valence-corrected chi connectivity index (χ0v) is 13.9. The number of nitrogens with zero attached hydrogens (tertiary/aromatic N) is 1. The summed E-state index contributed by atoms with van der Waals surface area (Å²) < 4.78 is 16.8. The summed E-state index contributed by atoms with van der Waals surface area (Å²) >= 11 is 1.55. The van der Waals surface area contributed by atoms with Crippen molar-refractivity contribution in [3.05, 3.63) is 48.0 Å². The highest BCUT2D eigenvalue weighted by atomic mass is 32.1. The van der Waals surface area contributed by atoms with Crippen molar-refractivity contribution in [2.24, 2.45) is 0 Å². The summed E-state index contributed by atoms with van der Waals surface area (Å²) in [5, 5.41) is 6.13. The monoisotopic (exact) mass is 340 g/mol. The number of anilines is 2. The van der Waals surface area contributed by atoms with E-state index in [1.54, 1.807) is 17.5 Å². The molecule has 0 fully saturated rings. The van der Waals surface area contributed by atoms with Crippen LogP contribution >= 0.6 is 11.3 Å². The van der Waals surface area contributed by atoms with E-state index < -0.39 is 0 Å². The Morgan fingerprint density at radius 1 is 1.17 bits per heavy atom. The topological polar surface area (TPSA) is 52.6 Å². The maximum atomic E-state index is 5.71. The van der Waals surface area contributed by atoms with Crippen LogP contribution in [0.25, 0.3) is 11.1 Å². The van der Waals surface area contributed by atoms with Crippen molar-refractivity contribution in [3.63, 3.8) is 0 Å². The van der Waals surface area contributed by atoms with Gasteiger partial charge in [0.2, 0.25) is 6.79 Å². The first-order valence-corrected chi connectivity index (χ1v) is 8.55. The molecule has 3 aromatic rings. The van der Waals surface area contributed by atoms with Crippen molar-refractivity contribution in [3.8, 4) is 28.4 Å². The van der Waals surface area contributed by atoms with Crippen molar-refractivity contribution in [1.82, 2.24) is 4.98 Å². The van der Waals surface area contributed by atoms with Crippen molar-refractivity contribution >= 4 is 22.2 Å². The van der Waals surface area contributed by atoms with Gasteiger partial charge in [0.05, 0.1) is 17.9 Å². The van der Waals surface area contributed by atoms with E-state index in [2.05, 4.69) is 10.3 Å². The molecule has 0 saturated heterocycles. The van der Waals surface area contributed by atoms with Crippen LogP contribution < -0.4 is 19.5 Å². The molecule has 4 rings (SSSR count). The summed E-state index contributed by atoms with van der Waals surface area (Å²) in [4.78, 5) is 4.29. The van der Waals surface area contributed by atoms with Gasteiger partial charge in [-0.05, 0) is 36.8 Å². The van der Waals surface area contributed by atoms with Gasteiger partial charge >= 0.3 is 0 Å². The Morgan fingerprint density at radius 2 is 2.04 bits per heavy atom. The lowest BCUT2D eigenvalue weighted by molar-refractivity contribution is 0.174. The Morgan fingerprint density at radius 3 is 2.79 bits per heavy atom. The average molecular weight is 340 g/mol. The molecule has 0 amide bonds. The predicted molar refractivity (Wildman–Crippen MR) is 94.6 cm³/mol. The fourth-order valence-electron chi connectivity index (χ4n) is 2.65. The van der Waals surface area contributed by atoms with Gasteiger partial charge in [-0.1, -0.05) is 12.1 Å². The maximum Gasteiger partial charge on any atom is 0.231 e. The first kappa shape index (κ1) is 14.8. The highest BCUT2D eigenvalue weighted by molar-refractivity contribution is 7.13. The maximum absolute atomic E-state index is 5.71. The third kappa shape index (κ3) is 2.76. The molecule has 2 heterocycles. The lowest BCUT2D eigenvalue weighted by Gasteiger charge is -2.14. The van der Waals surface area contributed by atoms with Gasteiger partial charge in [-0.15, -0.1) is 11.3 Å². The van der Waals surface area contributed by atoms with E-state index in [0.717, 1.165) is 39.2 Å². The molecule has 0 bridgehead atoms. The molecule has 1 N–H and O–H groups in total. The number of thiazole rings is 1. The molecule has 0 saturated carbocycles. The Kier molecular flexibility index (Phi) is 3.96. The molecule has 1 aromatic heterocycles. The Labute approximate surface area is 143 Å². The van der Waals surface area contributed by atoms with Gasteiger partial charge in [0, 0.05) is 11.6 Å². The zero-order valence-electron chi connectivity index (χ0n) is 13.1. The molecule has 2 aromatic carbocycles. The second kappa shape index (κ2) is 6.41. The molecular weight excluding hydrogens is 324 g/mol. The van der Waals surface area contributed by atoms with E-state index in [-0.39, 0.29) is 6.79 Å². The van der Waals surface area contributed by atoms with Gasteiger partial charge in [0.15, 0.2) is 16.6 Å². The predicted octanol–water partition coefficient (Wildman–Crippen LogP) is 4.68. The summed E-state index contributed by atoms with van der Waals surface area (Å²) in [6, 6.07) is 11.9. The number of fused-ring (bicyclic) bond motifs is 1. The minimum Gasteiger partial charge on any atom is -0.494 e. The summed E-state index contributed by atoms with van der Waals surface area (Å²) in [7, 11) is 0. The van der Waals surface area contributed by atoms with Gasteiger partial charge in [-0.3, -0.25) is 0 Å². The Hall–Kier alpha value is -2.73. The van der Waals surface area contributed by atoms with Crippen molar-refractivity contribution in [1.29, 1.82) is 0 Å². The largest absolute Gasteiger partial charge is 0.494 e. The summed E-state index contributed by atoms with van der Waals surface area (Å²) in [5.41, 5.74) is 2.92. The highest BCUT2D eigenvalue weighted by Crippen LogP contribution is 2.46. The molecular formula is C18H16N2O3S. The Bertz CT molecular complexity index is 832. The number of nitrogens with one attached hydrogen (secondary N) is 1. The van der Waals surface area contributed by atoms with E-state index in [0.29, 0.717) is 6.61 Å². The van der Waals surface area contributed by atoms with Crippen LogP contribution in [0.15, 0.2) is 48.0 Å². The minimum absolute atomic E-state index is 0.236. The molecule has 0 aliphatic carbocycles. The smallest absolute Gasteiger partial charge is 0.231 e. The van der Waals surface area contributed by atoms with Gasteiger partial charge in [-0.2, -0.15) is 0 Å². The van der Waals surface area contributed by atoms with Crippen LogP contribution in [-0.4, -0.2) is 18.4 Å². The van der Waals surface area contributed by atoms with E-state index >= 15 is 0 Å². The first-order chi connectivity index (χ1) is 11.8. The Balaban J connectivity index is 1.78. The summed E-state index contributed by atoms with van der Waals surface area (Å²) in [6.07, 6.45) is 1.77. The minimum atomic E-state index is 0.236. The molecule has 0 radical (unpaired) electrons. The van der Waals surface area contributed by atoms with Crippen molar-refractivity contribution < 1.29 is 14.2 Å². The molecule has 1 aliphatic rings. The molecule has 5 nitrogen and oxygen atoms in total. The van der Waals surface area contributed by atoms with Crippen LogP contribution in [0.5, 0.6) is 17.2 Å². The highest BCUT2D eigenvalue weighted by Gasteiger charge is 2.22. The quantitative estimate of drug-likeness (QED) is 0.731. The molecule has 0 spiro atoms. The molecule has 1 aliphatic heterocycles. The number of hydrogen-bond donors (Lipinski definition) is 1. The first-order valence-electron chi connectivity index (χ1n) is 7.67. The van der Waals surface area contributed by atoms with E-state index in [1.807, 2.05) is 48.7 Å². The van der Waals surface area contributed by atoms with E-state index in [4.69, 9.17) is 14.2 Å². The second-order valence-corrected chi connectivity index (χ2v) is 6.04. The fourth-order valence-corrected chi connectivity index (χ4v) is 3.19. The van der Waals surface area contributed by atoms with Crippen LogP contribution in [0.2, 0.25) is 0 Å². The van der Waals surface area contributed by atoms with Crippen LogP contribution in [0, 0.1) is 0 Å². The fraction of sp³-hybridized carbons (Fsp3) is 0.167. The van der Waals surface area contributed by atoms with Crippen LogP contribution in [0.3, 0.4) is 0 Å². The number of aromatic nitrogens is 1. The molecule has 122 valence electrons. The lowest BCUT2D eigenvalue weighted by atomic mass is 10.0. The van der Waals surface area contributed by atoms with E-state index in [9.17, 15) is 0 Å². The van der Waals surface area contributed by atoms with Gasteiger partial charge in [0.25, 0.3) is 0 Å². The third-order valence-corrected chi connectivity index (χ3v) is 4.36. The number of ether oxygens (including phenoxy) is 3. The van der Waals surface area contributed by atoms with Gasteiger partial charge in [0.1, 0.15) is 5.75 Å². The summed E-state index contributed by atoms with van der Waals surface area (Å²) in [5.74, 6) is 2.35. The number of hydrogen-bond acceptors (Lipinski definition) is 6. The normalized spacial score (nSPS) is 12.2. The van der Waals surface area contributed by atoms with Crippen LogP contribution in [0.4, 0.5) is 10.8 Å². The molecule has 0 atom stereocenters. The number of rotatable bonds is 5.